The lowest BCUT2D eigenvalue weighted by atomic mass is 9.31. The van der Waals surface area contributed by atoms with Crippen molar-refractivity contribution in [1.29, 1.82) is 0 Å². The number of halogens is 1. The van der Waals surface area contributed by atoms with Crippen molar-refractivity contribution in [2.45, 2.75) is 37.3 Å². The van der Waals surface area contributed by atoms with Crippen LogP contribution in [0.25, 0.3) is 0 Å². The van der Waals surface area contributed by atoms with Gasteiger partial charge in [0.05, 0.1) is 7.11 Å². The molecule has 3 fully saturated rings. The number of hydrogen-bond acceptors (Lipinski definition) is 4. The van der Waals surface area contributed by atoms with E-state index in [9.17, 15) is 14.7 Å². The number of ether oxygens (including phenoxy) is 2. The van der Waals surface area contributed by atoms with Gasteiger partial charge in [-0.15, -0.1) is 0 Å². The third-order valence-electron chi connectivity index (χ3n) is 6.14. The van der Waals surface area contributed by atoms with E-state index < -0.39 is 23.5 Å². The molecule has 152 valence electrons. The highest BCUT2D eigenvalue weighted by atomic mass is 35.5. The zero-order valence-electron chi connectivity index (χ0n) is 16.0. The van der Waals surface area contributed by atoms with Crippen LogP contribution in [0.1, 0.15) is 30.4 Å². The van der Waals surface area contributed by atoms with Gasteiger partial charge in [0.15, 0.2) is 0 Å². The molecule has 2 N–H and O–H groups in total. The molecule has 0 spiro atoms. The van der Waals surface area contributed by atoms with E-state index in [-0.39, 0.29) is 12.0 Å². The largest absolute Gasteiger partial charge is 0.496 e. The van der Waals surface area contributed by atoms with Crippen LogP contribution in [0.4, 0.5) is 4.79 Å². The number of alkyl carbamates (subject to hydrolysis) is 1. The predicted molar refractivity (Wildman–Crippen MR) is 107 cm³/mol. The Morgan fingerprint density at radius 1 is 1.17 bits per heavy atom. The van der Waals surface area contributed by atoms with Crippen molar-refractivity contribution in [3.63, 3.8) is 0 Å². The third kappa shape index (κ3) is 3.42. The highest BCUT2D eigenvalue weighted by molar-refractivity contribution is 6.30. The molecule has 0 radical (unpaired) electrons. The van der Waals surface area contributed by atoms with Gasteiger partial charge in [-0.3, -0.25) is 0 Å². The lowest BCUT2D eigenvalue weighted by Crippen LogP contribution is -2.73. The number of carboxylic acid groups (broad SMARTS) is 1. The summed E-state index contributed by atoms with van der Waals surface area (Å²) < 4.78 is 10.7. The molecule has 3 aliphatic carbocycles. The Morgan fingerprint density at radius 3 is 2.48 bits per heavy atom. The number of rotatable bonds is 7. The van der Waals surface area contributed by atoms with Crippen molar-refractivity contribution < 1.29 is 24.2 Å². The van der Waals surface area contributed by atoms with E-state index in [0.717, 1.165) is 16.9 Å². The van der Waals surface area contributed by atoms with Gasteiger partial charge in [-0.1, -0.05) is 41.9 Å². The summed E-state index contributed by atoms with van der Waals surface area (Å²) in [5.41, 5.74) is 1.24. The molecular weight excluding hydrogens is 394 g/mol. The number of aliphatic carboxylic acids is 1. The molecule has 3 saturated carbocycles. The second kappa shape index (κ2) is 7.26. The molecule has 0 heterocycles. The van der Waals surface area contributed by atoms with E-state index in [4.69, 9.17) is 21.1 Å². The molecule has 5 rings (SSSR count). The van der Waals surface area contributed by atoms with Crippen LogP contribution in [0, 0.1) is 5.41 Å². The van der Waals surface area contributed by atoms with Gasteiger partial charge in [0, 0.05) is 21.4 Å². The Morgan fingerprint density at radius 2 is 1.86 bits per heavy atom. The minimum atomic E-state index is -1.05. The molecule has 2 aromatic rings. The maximum Gasteiger partial charge on any atom is 0.408 e. The van der Waals surface area contributed by atoms with Crippen LogP contribution in [0.15, 0.2) is 48.5 Å². The van der Waals surface area contributed by atoms with Gasteiger partial charge in [-0.05, 0) is 43.0 Å². The number of carboxylic acids is 1. The number of hydrogen-bond donors (Lipinski definition) is 2. The number of carbonyl (C=O) groups excluding carboxylic acids is 1. The first-order valence-electron chi connectivity index (χ1n) is 9.42. The van der Waals surface area contributed by atoms with Gasteiger partial charge in [-0.25, -0.2) is 9.59 Å². The molecule has 2 bridgehead atoms. The van der Waals surface area contributed by atoms with Crippen LogP contribution in [-0.2, 0) is 21.6 Å². The van der Waals surface area contributed by atoms with E-state index in [0.29, 0.717) is 24.3 Å². The Bertz CT molecular complexity index is 926. The fourth-order valence-electron chi connectivity index (χ4n) is 4.91. The summed E-state index contributed by atoms with van der Waals surface area (Å²) in [5.74, 6) is -0.294. The Labute approximate surface area is 173 Å². The topological polar surface area (TPSA) is 84.9 Å². The zero-order valence-corrected chi connectivity index (χ0v) is 16.7. The summed E-state index contributed by atoms with van der Waals surface area (Å²) in [6, 6.07) is 13.8. The molecule has 2 aromatic carbocycles. The fourth-order valence-corrected chi connectivity index (χ4v) is 5.08. The zero-order chi connectivity index (χ0) is 20.6. The Kier molecular flexibility index (Phi) is 4.90. The van der Waals surface area contributed by atoms with Gasteiger partial charge in [0.2, 0.25) is 0 Å². The lowest BCUT2D eigenvalue weighted by molar-refractivity contribution is -0.183. The normalized spacial score (nSPS) is 25.2. The molecule has 3 aliphatic rings. The van der Waals surface area contributed by atoms with Crippen molar-refractivity contribution >= 4 is 23.7 Å². The van der Waals surface area contributed by atoms with Crippen molar-refractivity contribution in [2.24, 2.45) is 5.41 Å². The van der Waals surface area contributed by atoms with Crippen molar-refractivity contribution in [3.05, 3.63) is 64.7 Å². The summed E-state index contributed by atoms with van der Waals surface area (Å²) in [4.78, 5) is 24.1. The summed E-state index contributed by atoms with van der Waals surface area (Å²) in [6.45, 7) is 0.0929. The standard InChI is InChI=1S/C22H22ClNO5/c1-28-17-8-7-15(23)9-16(17)21-11-22(12-21,13-21)18(19(25)26)24-20(27)29-10-14-5-3-2-4-6-14/h2-9,18H,10-13H2,1H3,(H,24,27)(H,25,26). The minimum Gasteiger partial charge on any atom is -0.496 e. The molecule has 1 unspecified atom stereocenters. The van der Waals surface area contributed by atoms with Crippen LogP contribution in [-0.4, -0.2) is 30.3 Å². The molecule has 1 atom stereocenters. The van der Waals surface area contributed by atoms with Gasteiger partial charge < -0.3 is 19.9 Å². The average Bonchev–Trinajstić information content (AvgIpc) is 2.64. The lowest BCUT2D eigenvalue weighted by Gasteiger charge is -2.72. The molecule has 7 heteroatoms. The van der Waals surface area contributed by atoms with Crippen LogP contribution >= 0.6 is 11.6 Å². The third-order valence-corrected chi connectivity index (χ3v) is 6.37. The van der Waals surface area contributed by atoms with Gasteiger partial charge in [0.1, 0.15) is 18.4 Å². The Balaban J connectivity index is 1.41. The number of methoxy groups -OCH3 is 1. The SMILES string of the molecule is COc1ccc(Cl)cc1C12CC(C(NC(=O)OCc3ccccc3)C(=O)O)(C1)C2. The monoisotopic (exact) mass is 415 g/mol. The first kappa shape index (κ1) is 19.6. The predicted octanol–water partition coefficient (Wildman–Crippen LogP) is 4.15. The van der Waals surface area contributed by atoms with Gasteiger partial charge >= 0.3 is 12.1 Å². The van der Waals surface area contributed by atoms with E-state index in [1.165, 1.54) is 0 Å². The summed E-state index contributed by atoms with van der Waals surface area (Å²) >= 11 is 6.16. The molecule has 6 nitrogen and oxygen atoms in total. The van der Waals surface area contributed by atoms with Crippen molar-refractivity contribution in [1.82, 2.24) is 5.32 Å². The number of benzene rings is 2. The quantitative estimate of drug-likeness (QED) is 0.709. The average molecular weight is 416 g/mol. The summed E-state index contributed by atoms with van der Waals surface area (Å²) in [7, 11) is 1.61. The fraction of sp³-hybridized carbons (Fsp3) is 0.364. The molecule has 0 aromatic heterocycles. The van der Waals surface area contributed by atoms with E-state index in [1.807, 2.05) is 42.5 Å². The van der Waals surface area contributed by atoms with Crippen LogP contribution in [0.3, 0.4) is 0 Å². The maximum absolute atomic E-state index is 12.2. The second-order valence-electron chi connectivity index (χ2n) is 7.99. The summed E-state index contributed by atoms with van der Waals surface area (Å²) in [6.07, 6.45) is 1.26. The molecule has 1 amide bonds. The smallest absolute Gasteiger partial charge is 0.408 e. The van der Waals surface area contributed by atoms with Crippen molar-refractivity contribution in [3.8, 4) is 5.75 Å². The van der Waals surface area contributed by atoms with Gasteiger partial charge in [-0.2, -0.15) is 0 Å². The van der Waals surface area contributed by atoms with Crippen molar-refractivity contribution in [2.75, 3.05) is 7.11 Å². The Hall–Kier alpha value is -2.73. The number of carbonyl (C=O) groups is 2. The van der Waals surface area contributed by atoms with Crippen LogP contribution < -0.4 is 10.1 Å². The molecule has 0 aliphatic heterocycles. The molecular formula is C22H22ClNO5. The number of amides is 1. The second-order valence-corrected chi connectivity index (χ2v) is 8.43. The van der Waals surface area contributed by atoms with Gasteiger partial charge in [0.25, 0.3) is 0 Å². The highest BCUT2D eigenvalue weighted by Gasteiger charge is 2.73. The molecule has 29 heavy (non-hydrogen) atoms. The maximum atomic E-state index is 12.2. The minimum absolute atomic E-state index is 0.0929. The van der Waals surface area contributed by atoms with E-state index in [1.54, 1.807) is 13.2 Å². The van der Waals surface area contributed by atoms with Crippen LogP contribution in [0.5, 0.6) is 5.75 Å². The first-order valence-corrected chi connectivity index (χ1v) is 9.79. The summed E-state index contributed by atoms with van der Waals surface area (Å²) in [5, 5.41) is 12.9. The van der Waals surface area contributed by atoms with E-state index in [2.05, 4.69) is 5.32 Å². The first-order chi connectivity index (χ1) is 13.9. The van der Waals surface area contributed by atoms with E-state index >= 15 is 0 Å². The van der Waals surface area contributed by atoms with Crippen LogP contribution in [0.2, 0.25) is 5.02 Å². The number of nitrogens with one attached hydrogen (secondary N) is 1. The molecule has 0 saturated heterocycles. The highest BCUT2D eigenvalue weighted by Crippen LogP contribution is 2.76.